The monoisotopic (exact) mass is 383 g/mol. The molecule has 0 bridgehead atoms. The molecule has 29 heavy (non-hydrogen) atoms. The van der Waals surface area contributed by atoms with Gasteiger partial charge in [-0.2, -0.15) is 4.98 Å². The highest BCUT2D eigenvalue weighted by atomic mass is 16.5. The lowest BCUT2D eigenvalue weighted by Crippen LogP contribution is -2.30. The number of hydrogen-bond acceptors (Lipinski definition) is 4. The third kappa shape index (κ3) is 4.09. The van der Waals surface area contributed by atoms with Crippen LogP contribution in [0.1, 0.15) is 21.8 Å². The van der Waals surface area contributed by atoms with Crippen molar-refractivity contribution < 1.29 is 9.32 Å². The molecule has 5 nitrogen and oxygen atoms in total. The molecule has 0 aliphatic rings. The number of nitrogens with zero attached hydrogens (tertiary/aromatic N) is 3. The smallest absolute Gasteiger partial charge is 0.254 e. The van der Waals surface area contributed by atoms with E-state index in [2.05, 4.69) is 16.7 Å². The van der Waals surface area contributed by atoms with E-state index >= 15 is 0 Å². The van der Waals surface area contributed by atoms with Gasteiger partial charge in [0, 0.05) is 17.7 Å². The normalized spacial score (nSPS) is 10.8. The minimum absolute atomic E-state index is 0.106. The van der Waals surface area contributed by atoms with E-state index < -0.39 is 0 Å². The van der Waals surface area contributed by atoms with E-state index in [1.165, 1.54) is 0 Å². The molecule has 1 amide bonds. The summed E-state index contributed by atoms with van der Waals surface area (Å²) in [4.78, 5) is 19.2. The summed E-state index contributed by atoms with van der Waals surface area (Å²) in [6.07, 6.45) is 1.69. The zero-order valence-electron chi connectivity index (χ0n) is 16.2. The Morgan fingerprint density at radius 2 is 1.90 bits per heavy atom. The summed E-state index contributed by atoms with van der Waals surface area (Å²) >= 11 is 0. The fourth-order valence-corrected chi connectivity index (χ4v) is 3.26. The molecular weight excluding hydrogens is 362 g/mol. The number of aryl methyl sites for hydroxylation is 1. The number of carbonyl (C=O) groups is 1. The number of benzene rings is 3. The quantitative estimate of drug-likeness (QED) is 0.438. The van der Waals surface area contributed by atoms with Gasteiger partial charge in [-0.1, -0.05) is 65.3 Å². The van der Waals surface area contributed by atoms with Crippen LogP contribution in [-0.2, 0) is 6.54 Å². The van der Waals surface area contributed by atoms with E-state index in [1.54, 1.807) is 11.0 Å². The van der Waals surface area contributed by atoms with Gasteiger partial charge in [0.25, 0.3) is 5.91 Å². The molecule has 0 unspecified atom stereocenters. The average Bonchev–Trinajstić information content (AvgIpc) is 3.21. The summed E-state index contributed by atoms with van der Waals surface area (Å²) in [7, 11) is 0. The van der Waals surface area contributed by atoms with Crippen LogP contribution in [0, 0.1) is 6.92 Å². The predicted octanol–water partition coefficient (Wildman–Crippen LogP) is 5.03. The topological polar surface area (TPSA) is 59.2 Å². The van der Waals surface area contributed by atoms with Crippen LogP contribution >= 0.6 is 0 Å². The van der Waals surface area contributed by atoms with Gasteiger partial charge in [-0.25, -0.2) is 0 Å². The van der Waals surface area contributed by atoms with Crippen LogP contribution in [0.4, 0.5) is 0 Å². The molecule has 0 radical (unpaired) electrons. The standard InChI is InChI=1S/C24H21N3O2/c1-3-13-27(24(28)21-12-11-18-8-4-5-9-19(18)15-21)16-22-25-23(26-29-22)20-10-6-7-17(2)14-20/h3-12,14-15H,1,13,16H2,2H3. The highest BCUT2D eigenvalue weighted by Crippen LogP contribution is 2.20. The third-order valence-electron chi connectivity index (χ3n) is 4.70. The maximum Gasteiger partial charge on any atom is 0.254 e. The first-order valence-electron chi connectivity index (χ1n) is 9.42. The van der Waals surface area contributed by atoms with Crippen molar-refractivity contribution in [3.8, 4) is 11.4 Å². The Labute approximate surface area is 169 Å². The van der Waals surface area contributed by atoms with E-state index in [1.807, 2.05) is 73.7 Å². The van der Waals surface area contributed by atoms with Crippen LogP contribution in [0.25, 0.3) is 22.2 Å². The lowest BCUT2D eigenvalue weighted by Gasteiger charge is -2.19. The Morgan fingerprint density at radius 3 is 2.69 bits per heavy atom. The number of rotatable bonds is 6. The second-order valence-corrected chi connectivity index (χ2v) is 6.92. The van der Waals surface area contributed by atoms with Crippen molar-refractivity contribution in [2.45, 2.75) is 13.5 Å². The molecule has 1 heterocycles. The molecule has 0 N–H and O–H groups in total. The average molecular weight is 383 g/mol. The molecule has 1 aromatic heterocycles. The molecule has 0 aliphatic carbocycles. The second-order valence-electron chi connectivity index (χ2n) is 6.92. The van der Waals surface area contributed by atoms with Gasteiger partial charge >= 0.3 is 0 Å². The summed E-state index contributed by atoms with van der Waals surface area (Å²) < 4.78 is 5.40. The van der Waals surface area contributed by atoms with Gasteiger partial charge in [0.2, 0.25) is 11.7 Å². The minimum Gasteiger partial charge on any atom is -0.337 e. The van der Waals surface area contributed by atoms with Crippen LogP contribution in [0.3, 0.4) is 0 Å². The molecule has 5 heteroatoms. The molecule has 0 saturated carbocycles. The first-order chi connectivity index (χ1) is 14.1. The molecular formula is C24H21N3O2. The number of carbonyl (C=O) groups excluding carboxylic acids is 1. The zero-order valence-corrected chi connectivity index (χ0v) is 16.2. The Balaban J connectivity index is 1.57. The van der Waals surface area contributed by atoms with E-state index in [0.717, 1.165) is 21.9 Å². The predicted molar refractivity (Wildman–Crippen MR) is 113 cm³/mol. The van der Waals surface area contributed by atoms with Gasteiger partial charge in [-0.05, 0) is 35.9 Å². The molecule has 144 valence electrons. The molecule has 0 aliphatic heterocycles. The Morgan fingerprint density at radius 1 is 1.07 bits per heavy atom. The van der Waals surface area contributed by atoms with Crippen molar-refractivity contribution >= 4 is 16.7 Å². The van der Waals surface area contributed by atoms with Gasteiger partial charge in [-0.15, -0.1) is 6.58 Å². The maximum absolute atomic E-state index is 13.1. The lowest BCUT2D eigenvalue weighted by atomic mass is 10.1. The van der Waals surface area contributed by atoms with Crippen molar-refractivity contribution in [2.75, 3.05) is 6.54 Å². The summed E-state index contributed by atoms with van der Waals surface area (Å²) in [6, 6.07) is 21.6. The van der Waals surface area contributed by atoms with E-state index in [9.17, 15) is 4.79 Å². The highest BCUT2D eigenvalue weighted by Gasteiger charge is 2.19. The summed E-state index contributed by atoms with van der Waals surface area (Å²) in [5.74, 6) is 0.795. The van der Waals surface area contributed by atoms with Gasteiger partial charge in [0.05, 0.1) is 0 Å². The molecule has 0 saturated heterocycles. The zero-order chi connectivity index (χ0) is 20.2. The first-order valence-corrected chi connectivity index (χ1v) is 9.42. The number of hydrogen-bond donors (Lipinski definition) is 0. The van der Waals surface area contributed by atoms with Crippen molar-refractivity contribution in [2.24, 2.45) is 0 Å². The lowest BCUT2D eigenvalue weighted by molar-refractivity contribution is 0.0745. The largest absolute Gasteiger partial charge is 0.337 e. The van der Waals surface area contributed by atoms with Crippen LogP contribution in [0.15, 0.2) is 83.9 Å². The van der Waals surface area contributed by atoms with Crippen LogP contribution in [0.5, 0.6) is 0 Å². The fourth-order valence-electron chi connectivity index (χ4n) is 3.26. The number of amides is 1. The Kier molecular flexibility index (Phi) is 5.20. The molecule has 3 aromatic carbocycles. The van der Waals surface area contributed by atoms with Gasteiger partial charge < -0.3 is 9.42 Å². The molecule has 0 fully saturated rings. The van der Waals surface area contributed by atoms with E-state index in [0.29, 0.717) is 23.8 Å². The molecule has 4 rings (SSSR count). The van der Waals surface area contributed by atoms with Crippen LogP contribution < -0.4 is 0 Å². The van der Waals surface area contributed by atoms with E-state index in [4.69, 9.17) is 4.52 Å². The first kappa shape index (κ1) is 18.6. The second kappa shape index (κ2) is 8.10. The van der Waals surface area contributed by atoms with Gasteiger partial charge in [-0.3, -0.25) is 4.79 Å². The van der Waals surface area contributed by atoms with Crippen molar-refractivity contribution in [1.29, 1.82) is 0 Å². The molecule has 0 spiro atoms. The van der Waals surface area contributed by atoms with Crippen molar-refractivity contribution in [3.05, 3.63) is 96.4 Å². The third-order valence-corrected chi connectivity index (χ3v) is 4.70. The molecule has 0 atom stereocenters. The summed E-state index contributed by atoms with van der Waals surface area (Å²) in [5, 5.41) is 6.18. The maximum atomic E-state index is 13.1. The van der Waals surface area contributed by atoms with Gasteiger partial charge in [0.15, 0.2) is 0 Å². The summed E-state index contributed by atoms with van der Waals surface area (Å²) in [5.41, 5.74) is 2.62. The minimum atomic E-state index is -0.106. The number of aromatic nitrogens is 2. The highest BCUT2D eigenvalue weighted by molar-refractivity contribution is 5.98. The van der Waals surface area contributed by atoms with Crippen molar-refractivity contribution in [3.63, 3.8) is 0 Å². The Bertz CT molecular complexity index is 1180. The Hall–Kier alpha value is -3.73. The summed E-state index contributed by atoms with van der Waals surface area (Å²) in [6.45, 7) is 6.38. The van der Waals surface area contributed by atoms with Gasteiger partial charge in [0.1, 0.15) is 6.54 Å². The number of fused-ring (bicyclic) bond motifs is 1. The van der Waals surface area contributed by atoms with E-state index in [-0.39, 0.29) is 12.5 Å². The SMILES string of the molecule is C=CCN(Cc1nc(-c2cccc(C)c2)no1)C(=O)c1ccc2ccccc2c1. The van der Waals surface area contributed by atoms with Crippen LogP contribution in [-0.4, -0.2) is 27.5 Å². The molecule has 4 aromatic rings. The van der Waals surface area contributed by atoms with Crippen LogP contribution in [0.2, 0.25) is 0 Å². The fraction of sp³-hybridized carbons (Fsp3) is 0.125. The van der Waals surface area contributed by atoms with Crippen molar-refractivity contribution in [1.82, 2.24) is 15.0 Å².